The fourth-order valence-corrected chi connectivity index (χ4v) is 1.89. The molecule has 1 aromatic heterocycles. The number of aromatic nitrogens is 2. The summed E-state index contributed by atoms with van der Waals surface area (Å²) in [6, 6.07) is 6.31. The summed E-state index contributed by atoms with van der Waals surface area (Å²) in [5.41, 5.74) is 8.64. The number of nitrogens with zero attached hydrogens (tertiary/aromatic N) is 1. The predicted molar refractivity (Wildman–Crippen MR) is 66.9 cm³/mol. The Kier molecular flexibility index (Phi) is 3.13. The second-order valence-corrected chi connectivity index (χ2v) is 4.57. The molecule has 2 rings (SSSR count). The minimum atomic E-state index is -0.249. The van der Waals surface area contributed by atoms with E-state index in [0.717, 1.165) is 23.2 Å². The first-order valence-corrected chi connectivity index (χ1v) is 5.66. The average Bonchev–Trinajstić information content (AvgIpc) is 2.61. The van der Waals surface area contributed by atoms with Crippen LogP contribution >= 0.6 is 0 Å². The number of anilines is 1. The summed E-state index contributed by atoms with van der Waals surface area (Å²) >= 11 is 0. The van der Waals surface area contributed by atoms with Crippen molar-refractivity contribution in [3.05, 3.63) is 35.8 Å². The highest BCUT2D eigenvalue weighted by Gasteiger charge is 2.13. The number of nitrogens with two attached hydrogens (primary N) is 1. The van der Waals surface area contributed by atoms with E-state index in [1.807, 2.05) is 0 Å². The van der Waals surface area contributed by atoms with Gasteiger partial charge < -0.3 is 5.73 Å². The minimum absolute atomic E-state index is 0.249. The van der Waals surface area contributed by atoms with Crippen LogP contribution in [0.1, 0.15) is 19.5 Å². The maximum atomic E-state index is 12.9. The summed E-state index contributed by atoms with van der Waals surface area (Å²) in [6.07, 6.45) is 0.872. The van der Waals surface area contributed by atoms with Gasteiger partial charge in [0.25, 0.3) is 0 Å². The second-order valence-electron chi connectivity index (χ2n) is 4.57. The Morgan fingerprint density at radius 1 is 1.29 bits per heavy atom. The van der Waals surface area contributed by atoms with E-state index in [2.05, 4.69) is 24.0 Å². The maximum absolute atomic E-state index is 12.9. The van der Waals surface area contributed by atoms with Crippen molar-refractivity contribution in [2.75, 3.05) is 5.73 Å². The van der Waals surface area contributed by atoms with Gasteiger partial charge in [0.05, 0.1) is 0 Å². The van der Waals surface area contributed by atoms with Crippen molar-refractivity contribution in [3.63, 3.8) is 0 Å². The second kappa shape index (κ2) is 4.57. The fourth-order valence-electron chi connectivity index (χ4n) is 1.89. The number of nitrogens with one attached hydrogen (secondary N) is 1. The first-order valence-electron chi connectivity index (χ1n) is 5.66. The van der Waals surface area contributed by atoms with E-state index in [0.29, 0.717) is 11.7 Å². The molecule has 0 atom stereocenters. The van der Waals surface area contributed by atoms with Crippen LogP contribution in [0.25, 0.3) is 11.1 Å². The SMILES string of the molecule is CC(C)Cc1[nH]nc(N)c1-c1ccc(F)cc1. The van der Waals surface area contributed by atoms with Crippen molar-refractivity contribution in [3.8, 4) is 11.1 Å². The van der Waals surface area contributed by atoms with Crippen LogP contribution in [0.4, 0.5) is 10.2 Å². The van der Waals surface area contributed by atoms with Crippen LogP contribution in [-0.4, -0.2) is 10.2 Å². The standard InChI is InChI=1S/C13H16FN3/c1-8(2)7-11-12(13(15)17-16-11)9-3-5-10(14)6-4-9/h3-6,8H,7H2,1-2H3,(H3,15,16,17). The topological polar surface area (TPSA) is 54.7 Å². The van der Waals surface area contributed by atoms with Crippen LogP contribution < -0.4 is 5.73 Å². The summed E-state index contributed by atoms with van der Waals surface area (Å²) in [7, 11) is 0. The minimum Gasteiger partial charge on any atom is -0.382 e. The first kappa shape index (κ1) is 11.6. The van der Waals surface area contributed by atoms with Gasteiger partial charge in [0.2, 0.25) is 0 Å². The van der Waals surface area contributed by atoms with Gasteiger partial charge in [-0.25, -0.2) is 4.39 Å². The largest absolute Gasteiger partial charge is 0.382 e. The highest BCUT2D eigenvalue weighted by molar-refractivity contribution is 5.76. The molecule has 0 radical (unpaired) electrons. The molecular weight excluding hydrogens is 217 g/mol. The quantitative estimate of drug-likeness (QED) is 0.856. The van der Waals surface area contributed by atoms with Crippen molar-refractivity contribution in [2.45, 2.75) is 20.3 Å². The predicted octanol–water partition coefficient (Wildman–Crippen LogP) is 3.00. The molecule has 1 heterocycles. The lowest BCUT2D eigenvalue weighted by molar-refractivity contribution is 0.627. The van der Waals surface area contributed by atoms with Gasteiger partial charge in [0.15, 0.2) is 5.82 Å². The fraction of sp³-hybridized carbons (Fsp3) is 0.308. The number of rotatable bonds is 3. The molecule has 0 aliphatic heterocycles. The molecule has 0 bridgehead atoms. The van der Waals surface area contributed by atoms with E-state index in [1.165, 1.54) is 12.1 Å². The van der Waals surface area contributed by atoms with Crippen LogP contribution in [-0.2, 0) is 6.42 Å². The normalized spacial score (nSPS) is 11.1. The highest BCUT2D eigenvalue weighted by atomic mass is 19.1. The molecule has 3 N–H and O–H groups in total. The molecular formula is C13H16FN3. The van der Waals surface area contributed by atoms with Crippen LogP contribution in [0.3, 0.4) is 0 Å². The molecule has 3 nitrogen and oxygen atoms in total. The average molecular weight is 233 g/mol. The van der Waals surface area contributed by atoms with Crippen molar-refractivity contribution >= 4 is 5.82 Å². The zero-order chi connectivity index (χ0) is 12.4. The number of benzene rings is 1. The number of hydrogen-bond donors (Lipinski definition) is 2. The lowest BCUT2D eigenvalue weighted by Gasteiger charge is -2.06. The zero-order valence-corrected chi connectivity index (χ0v) is 10.00. The molecule has 0 aliphatic carbocycles. The molecule has 0 saturated carbocycles. The smallest absolute Gasteiger partial charge is 0.153 e. The van der Waals surface area contributed by atoms with Gasteiger partial charge in [-0.2, -0.15) is 5.10 Å². The van der Waals surface area contributed by atoms with E-state index < -0.39 is 0 Å². The molecule has 0 aliphatic rings. The van der Waals surface area contributed by atoms with Gasteiger partial charge in [-0.1, -0.05) is 26.0 Å². The van der Waals surface area contributed by atoms with E-state index in [1.54, 1.807) is 12.1 Å². The van der Waals surface area contributed by atoms with Gasteiger partial charge >= 0.3 is 0 Å². The summed E-state index contributed by atoms with van der Waals surface area (Å²) in [4.78, 5) is 0. The number of aromatic amines is 1. The lowest BCUT2D eigenvalue weighted by Crippen LogP contribution is -1.97. The van der Waals surface area contributed by atoms with Crippen molar-refractivity contribution in [1.82, 2.24) is 10.2 Å². The van der Waals surface area contributed by atoms with Gasteiger partial charge in [-0.15, -0.1) is 0 Å². The molecule has 0 unspecified atom stereocenters. The Balaban J connectivity index is 2.43. The van der Waals surface area contributed by atoms with Crippen molar-refractivity contribution < 1.29 is 4.39 Å². The molecule has 4 heteroatoms. The molecule has 17 heavy (non-hydrogen) atoms. The Morgan fingerprint density at radius 3 is 2.53 bits per heavy atom. The summed E-state index contributed by atoms with van der Waals surface area (Å²) in [5, 5.41) is 6.98. The monoisotopic (exact) mass is 233 g/mol. The van der Waals surface area contributed by atoms with Gasteiger partial charge in [-0.05, 0) is 30.0 Å². The Hall–Kier alpha value is -1.84. The number of nitrogen functional groups attached to an aromatic ring is 1. The Morgan fingerprint density at radius 2 is 1.94 bits per heavy atom. The van der Waals surface area contributed by atoms with Crippen LogP contribution in [0.2, 0.25) is 0 Å². The highest BCUT2D eigenvalue weighted by Crippen LogP contribution is 2.29. The zero-order valence-electron chi connectivity index (χ0n) is 10.00. The lowest BCUT2D eigenvalue weighted by atomic mass is 9.99. The molecule has 0 saturated heterocycles. The van der Waals surface area contributed by atoms with Crippen molar-refractivity contribution in [1.29, 1.82) is 0 Å². The summed E-state index contributed by atoms with van der Waals surface area (Å²) < 4.78 is 12.9. The number of hydrogen-bond acceptors (Lipinski definition) is 2. The molecule has 1 aromatic carbocycles. The molecule has 2 aromatic rings. The van der Waals surface area contributed by atoms with Crippen LogP contribution in [0.5, 0.6) is 0 Å². The first-order chi connectivity index (χ1) is 8.08. The Bertz CT molecular complexity index is 500. The number of halogens is 1. The van der Waals surface area contributed by atoms with Crippen LogP contribution in [0.15, 0.2) is 24.3 Å². The molecule has 0 spiro atoms. The number of H-pyrrole nitrogens is 1. The summed E-state index contributed by atoms with van der Waals surface area (Å²) in [6.45, 7) is 4.26. The third-order valence-corrected chi connectivity index (χ3v) is 2.61. The molecule has 0 amide bonds. The van der Waals surface area contributed by atoms with Gasteiger partial charge in [-0.3, -0.25) is 5.10 Å². The maximum Gasteiger partial charge on any atom is 0.153 e. The van der Waals surface area contributed by atoms with Gasteiger partial charge in [0, 0.05) is 11.3 Å². The Labute approximate surface area is 99.9 Å². The van der Waals surface area contributed by atoms with E-state index >= 15 is 0 Å². The van der Waals surface area contributed by atoms with E-state index in [-0.39, 0.29) is 5.82 Å². The van der Waals surface area contributed by atoms with Crippen molar-refractivity contribution in [2.24, 2.45) is 5.92 Å². The van der Waals surface area contributed by atoms with E-state index in [4.69, 9.17) is 5.73 Å². The third kappa shape index (κ3) is 2.46. The van der Waals surface area contributed by atoms with Gasteiger partial charge in [0.1, 0.15) is 5.82 Å². The third-order valence-electron chi connectivity index (χ3n) is 2.61. The summed E-state index contributed by atoms with van der Waals surface area (Å²) in [5.74, 6) is 0.725. The van der Waals surface area contributed by atoms with Crippen LogP contribution in [0, 0.1) is 11.7 Å². The molecule has 90 valence electrons. The van der Waals surface area contributed by atoms with E-state index in [9.17, 15) is 4.39 Å². The molecule has 0 fully saturated rings.